The Bertz CT molecular complexity index is 1850. The predicted octanol–water partition coefficient (Wildman–Crippen LogP) is 11.7. The number of phenolic OH excluding ortho intramolecular Hbond substituents is 1. The van der Waals surface area contributed by atoms with Crippen LogP contribution in [0, 0.1) is 6.92 Å². The maximum atomic E-state index is 9.73. The first-order valence-corrected chi connectivity index (χ1v) is 15.0. The van der Waals surface area contributed by atoms with Crippen LogP contribution in [0.3, 0.4) is 0 Å². The van der Waals surface area contributed by atoms with E-state index in [-0.39, 0.29) is 5.75 Å². The van der Waals surface area contributed by atoms with Crippen molar-refractivity contribution in [3.8, 4) is 72.5 Å². The van der Waals surface area contributed by atoms with Crippen LogP contribution in [0.1, 0.15) is 5.56 Å². The molecule has 0 bridgehead atoms. The van der Waals surface area contributed by atoms with Crippen molar-refractivity contribution in [2.75, 3.05) is 0 Å². The second kappa shape index (κ2) is 11.9. The third-order valence-corrected chi connectivity index (χ3v) is 8.31. The Kier molecular flexibility index (Phi) is 7.36. The van der Waals surface area contributed by atoms with Crippen molar-refractivity contribution >= 4 is 0 Å². The van der Waals surface area contributed by atoms with Gasteiger partial charge in [0.15, 0.2) is 0 Å². The molecule has 0 atom stereocenters. The van der Waals surface area contributed by atoms with Gasteiger partial charge in [-0.2, -0.15) is 0 Å². The molecule has 7 aromatic rings. The first-order valence-electron chi connectivity index (χ1n) is 15.0. The summed E-state index contributed by atoms with van der Waals surface area (Å²) in [5, 5.41) is 9.73. The topological polar surface area (TPSA) is 20.2 Å². The number of hydrogen-bond acceptors (Lipinski definition) is 1. The smallest absolute Gasteiger partial charge is 0.115 e. The Morgan fingerprint density at radius 3 is 1.00 bits per heavy atom. The normalized spacial score (nSPS) is 10.9. The van der Waals surface area contributed by atoms with Crippen LogP contribution in [-0.2, 0) is 0 Å². The van der Waals surface area contributed by atoms with E-state index in [9.17, 15) is 5.11 Å². The van der Waals surface area contributed by atoms with Crippen LogP contribution in [0.4, 0.5) is 0 Å². The van der Waals surface area contributed by atoms with E-state index >= 15 is 0 Å². The molecule has 44 heavy (non-hydrogen) atoms. The van der Waals surface area contributed by atoms with Crippen LogP contribution >= 0.6 is 0 Å². The van der Waals surface area contributed by atoms with Crippen molar-refractivity contribution in [3.63, 3.8) is 0 Å². The van der Waals surface area contributed by atoms with Crippen molar-refractivity contribution in [2.24, 2.45) is 0 Å². The summed E-state index contributed by atoms with van der Waals surface area (Å²) >= 11 is 0. The minimum absolute atomic E-state index is 0.274. The van der Waals surface area contributed by atoms with Gasteiger partial charge in [-0.05, 0) is 85.8 Å². The molecule has 0 spiro atoms. The summed E-state index contributed by atoms with van der Waals surface area (Å²) in [5.41, 5.74) is 15.4. The average Bonchev–Trinajstić information content (AvgIpc) is 3.09. The van der Waals surface area contributed by atoms with E-state index in [0.29, 0.717) is 0 Å². The quantitative estimate of drug-likeness (QED) is 0.213. The molecular weight excluding hydrogens is 532 g/mol. The lowest BCUT2D eigenvalue weighted by Crippen LogP contribution is -1.94. The number of phenols is 1. The number of hydrogen-bond donors (Lipinski definition) is 1. The van der Waals surface area contributed by atoms with Gasteiger partial charge in [0.25, 0.3) is 0 Å². The van der Waals surface area contributed by atoms with Crippen LogP contribution in [0.2, 0.25) is 0 Å². The second-order valence-electron chi connectivity index (χ2n) is 11.2. The molecule has 0 amide bonds. The molecule has 0 heterocycles. The summed E-state index contributed by atoms with van der Waals surface area (Å²) in [7, 11) is 0. The second-order valence-corrected chi connectivity index (χ2v) is 11.2. The number of rotatable bonds is 6. The van der Waals surface area contributed by atoms with Gasteiger partial charge in [0.05, 0.1) is 0 Å². The largest absolute Gasteiger partial charge is 0.508 e. The molecule has 0 fully saturated rings. The van der Waals surface area contributed by atoms with Gasteiger partial charge in [-0.3, -0.25) is 0 Å². The fourth-order valence-electron chi connectivity index (χ4n) is 5.98. The van der Waals surface area contributed by atoms with Gasteiger partial charge < -0.3 is 5.11 Å². The first-order chi connectivity index (χ1) is 21.6. The fraction of sp³-hybridized carbons (Fsp3) is 0.0233. The molecule has 7 aromatic carbocycles. The van der Waals surface area contributed by atoms with Crippen LogP contribution in [0.5, 0.6) is 5.75 Å². The van der Waals surface area contributed by atoms with Gasteiger partial charge in [0, 0.05) is 0 Å². The molecule has 0 saturated heterocycles. The molecule has 0 aliphatic heterocycles. The molecule has 0 radical (unpaired) electrons. The van der Waals surface area contributed by atoms with E-state index in [2.05, 4.69) is 153 Å². The van der Waals surface area contributed by atoms with Gasteiger partial charge in [-0.25, -0.2) is 0 Å². The van der Waals surface area contributed by atoms with Crippen LogP contribution in [0.25, 0.3) is 66.8 Å². The highest BCUT2D eigenvalue weighted by Crippen LogP contribution is 2.46. The summed E-state index contributed by atoms with van der Waals surface area (Å²) in [6.07, 6.45) is 0. The van der Waals surface area contributed by atoms with Crippen molar-refractivity contribution in [2.45, 2.75) is 6.92 Å². The number of aryl methyl sites for hydroxylation is 1. The molecule has 0 unspecified atom stereocenters. The van der Waals surface area contributed by atoms with Crippen molar-refractivity contribution in [1.29, 1.82) is 0 Å². The molecule has 7 rings (SSSR count). The van der Waals surface area contributed by atoms with Crippen molar-refractivity contribution < 1.29 is 5.11 Å². The Hall–Kier alpha value is -5.66. The minimum Gasteiger partial charge on any atom is -0.508 e. The molecule has 0 saturated carbocycles. The van der Waals surface area contributed by atoms with Gasteiger partial charge in [-0.15, -0.1) is 0 Å². The number of aromatic hydroxyl groups is 1. The summed E-state index contributed by atoms with van der Waals surface area (Å²) in [4.78, 5) is 0. The molecule has 0 aliphatic rings. The summed E-state index contributed by atoms with van der Waals surface area (Å²) in [6, 6.07) is 59.8. The summed E-state index contributed by atoms with van der Waals surface area (Å²) in [6.45, 7) is 2.12. The summed E-state index contributed by atoms with van der Waals surface area (Å²) in [5.74, 6) is 0.274. The highest BCUT2D eigenvalue weighted by atomic mass is 16.3. The minimum atomic E-state index is 0.274. The first kappa shape index (κ1) is 27.2. The lowest BCUT2D eigenvalue weighted by atomic mass is 9.82. The van der Waals surface area contributed by atoms with E-state index in [1.165, 1.54) is 55.6 Å². The van der Waals surface area contributed by atoms with Gasteiger partial charge in [0.2, 0.25) is 0 Å². The fourth-order valence-corrected chi connectivity index (χ4v) is 5.98. The number of benzene rings is 7. The summed E-state index contributed by atoms with van der Waals surface area (Å²) < 4.78 is 0. The lowest BCUT2D eigenvalue weighted by Gasteiger charge is -2.21. The Morgan fingerprint density at radius 1 is 0.295 bits per heavy atom. The van der Waals surface area contributed by atoms with E-state index in [1.807, 2.05) is 12.1 Å². The maximum Gasteiger partial charge on any atom is 0.115 e. The van der Waals surface area contributed by atoms with Crippen molar-refractivity contribution in [3.05, 3.63) is 175 Å². The van der Waals surface area contributed by atoms with Crippen molar-refractivity contribution in [1.82, 2.24) is 0 Å². The van der Waals surface area contributed by atoms with Crippen LogP contribution < -0.4 is 0 Å². The molecule has 1 nitrogen and oxygen atoms in total. The monoisotopic (exact) mass is 564 g/mol. The van der Waals surface area contributed by atoms with E-state index in [0.717, 1.165) is 16.7 Å². The highest BCUT2D eigenvalue weighted by molar-refractivity contribution is 6.01. The Balaban J connectivity index is 1.40. The van der Waals surface area contributed by atoms with E-state index < -0.39 is 0 Å². The molecule has 0 aliphatic carbocycles. The molecular formula is C43H32O. The average molecular weight is 565 g/mol. The van der Waals surface area contributed by atoms with Gasteiger partial charge in [-0.1, -0.05) is 163 Å². The van der Waals surface area contributed by atoms with Crippen LogP contribution in [0.15, 0.2) is 170 Å². The van der Waals surface area contributed by atoms with Gasteiger partial charge >= 0.3 is 0 Å². The SMILES string of the molecule is Cc1ccc(-c2ccc(-c3ccc(-c4ccc(-c5ccc(O)cc5)cc4)c(-c4ccccc4)c3-c3ccccc3)cc2)cc1. The third-order valence-electron chi connectivity index (χ3n) is 8.31. The molecule has 1 heteroatoms. The molecule has 0 aromatic heterocycles. The molecule has 210 valence electrons. The zero-order valence-corrected chi connectivity index (χ0v) is 24.6. The maximum absolute atomic E-state index is 9.73. The van der Waals surface area contributed by atoms with Gasteiger partial charge in [0.1, 0.15) is 5.75 Å². The predicted molar refractivity (Wildman–Crippen MR) is 185 cm³/mol. The molecule has 1 N–H and O–H groups in total. The zero-order valence-electron chi connectivity index (χ0n) is 24.6. The highest BCUT2D eigenvalue weighted by Gasteiger charge is 2.19. The Labute approximate surface area is 259 Å². The van der Waals surface area contributed by atoms with Crippen LogP contribution in [-0.4, -0.2) is 5.11 Å². The standard InChI is InChI=1S/C43H32O/c1-30-12-14-31(15-13-30)32-16-20-35(21-17-32)40-28-29-41(36-22-18-33(19-23-36)34-24-26-39(44)27-25-34)43(38-10-6-3-7-11-38)42(40)37-8-4-2-5-9-37/h2-29,44H,1H3. The lowest BCUT2D eigenvalue weighted by molar-refractivity contribution is 0.475. The van der Waals surface area contributed by atoms with E-state index in [1.54, 1.807) is 12.1 Å². The zero-order chi connectivity index (χ0) is 29.9. The Morgan fingerprint density at radius 2 is 0.614 bits per heavy atom. The third kappa shape index (κ3) is 5.44. The van der Waals surface area contributed by atoms with E-state index in [4.69, 9.17) is 0 Å².